The average molecular weight is 279 g/mol. The van der Waals surface area contributed by atoms with Crippen LogP contribution in [0.1, 0.15) is 64.7 Å². The molecular weight excluding hydrogens is 250 g/mol. The molecular formula is C13H29NO3S. The minimum absolute atomic E-state index is 0.0842. The average Bonchev–Trinajstić information content (AvgIpc) is 2.35. The maximum atomic E-state index is 10.3. The van der Waals surface area contributed by atoms with Gasteiger partial charge in [-0.1, -0.05) is 45.4 Å². The van der Waals surface area contributed by atoms with Gasteiger partial charge in [0.25, 0.3) is 10.1 Å². The monoisotopic (exact) mass is 279 g/mol. The largest absolute Gasteiger partial charge is 0.317 e. The summed E-state index contributed by atoms with van der Waals surface area (Å²) in [6, 6.07) is 0. The van der Waals surface area contributed by atoms with Gasteiger partial charge in [-0.2, -0.15) is 8.42 Å². The van der Waals surface area contributed by atoms with E-state index in [1.165, 1.54) is 51.6 Å². The Hall–Kier alpha value is -0.130. The molecule has 1 fully saturated rings. The zero-order chi connectivity index (χ0) is 13.7. The molecule has 0 aliphatic carbocycles. The minimum atomic E-state index is -3.72. The van der Waals surface area contributed by atoms with Crippen molar-refractivity contribution in [3.63, 3.8) is 0 Å². The first-order valence-electron chi connectivity index (χ1n) is 7.22. The van der Waals surface area contributed by atoms with E-state index in [0.29, 0.717) is 6.42 Å². The minimum Gasteiger partial charge on any atom is -0.317 e. The maximum absolute atomic E-state index is 10.3. The zero-order valence-electron chi connectivity index (χ0n) is 11.7. The first kappa shape index (κ1) is 17.9. The van der Waals surface area contributed by atoms with Crippen molar-refractivity contribution >= 4 is 10.1 Å². The summed E-state index contributed by atoms with van der Waals surface area (Å²) in [4.78, 5) is 0. The van der Waals surface area contributed by atoms with Gasteiger partial charge in [0.2, 0.25) is 0 Å². The summed E-state index contributed by atoms with van der Waals surface area (Å²) in [7, 11) is -3.72. The van der Waals surface area contributed by atoms with Crippen LogP contribution in [0.5, 0.6) is 0 Å². The summed E-state index contributed by atoms with van der Waals surface area (Å²) in [5.74, 6) is -0.0842. The molecule has 1 aliphatic heterocycles. The summed E-state index contributed by atoms with van der Waals surface area (Å²) in [5.41, 5.74) is 0. The van der Waals surface area contributed by atoms with Crippen LogP contribution in [0.25, 0.3) is 0 Å². The highest BCUT2D eigenvalue weighted by atomic mass is 32.2. The van der Waals surface area contributed by atoms with Crippen molar-refractivity contribution in [2.24, 2.45) is 0 Å². The summed E-state index contributed by atoms with van der Waals surface area (Å²) in [5, 5.41) is 3.28. The third-order valence-corrected chi connectivity index (χ3v) is 3.77. The lowest BCUT2D eigenvalue weighted by atomic mass is 10.1. The Morgan fingerprint density at radius 1 is 0.944 bits per heavy atom. The molecule has 0 atom stereocenters. The molecule has 1 heterocycles. The molecule has 0 unspecified atom stereocenters. The van der Waals surface area contributed by atoms with Crippen LogP contribution in [0, 0.1) is 0 Å². The third-order valence-electron chi connectivity index (χ3n) is 2.96. The van der Waals surface area contributed by atoms with E-state index in [1.54, 1.807) is 0 Å². The van der Waals surface area contributed by atoms with E-state index in [0.717, 1.165) is 12.8 Å². The van der Waals surface area contributed by atoms with Crippen LogP contribution < -0.4 is 5.32 Å². The van der Waals surface area contributed by atoms with Crippen LogP contribution in [0.3, 0.4) is 0 Å². The number of hydrogen-bond donors (Lipinski definition) is 2. The van der Waals surface area contributed by atoms with Gasteiger partial charge in [-0.15, -0.1) is 0 Å². The third kappa shape index (κ3) is 15.9. The maximum Gasteiger partial charge on any atom is 0.264 e. The molecule has 0 amide bonds. The molecule has 2 N–H and O–H groups in total. The van der Waals surface area contributed by atoms with Gasteiger partial charge in [0.15, 0.2) is 0 Å². The molecule has 0 spiro atoms. The lowest BCUT2D eigenvalue weighted by Crippen LogP contribution is -2.21. The zero-order valence-corrected chi connectivity index (χ0v) is 12.5. The Morgan fingerprint density at radius 3 is 1.89 bits per heavy atom. The van der Waals surface area contributed by atoms with Gasteiger partial charge >= 0.3 is 0 Å². The molecule has 0 radical (unpaired) electrons. The Bertz CT molecular complexity index is 250. The lowest BCUT2D eigenvalue weighted by molar-refractivity contribution is 0.478. The predicted molar refractivity (Wildman–Crippen MR) is 76.5 cm³/mol. The van der Waals surface area contributed by atoms with E-state index in [1.807, 2.05) is 0 Å². The van der Waals surface area contributed by atoms with E-state index < -0.39 is 10.1 Å². The Kier molecular flexibility index (Phi) is 11.8. The second-order valence-corrected chi connectivity index (χ2v) is 6.44. The van der Waals surface area contributed by atoms with Crippen molar-refractivity contribution in [3.8, 4) is 0 Å². The molecule has 0 aromatic carbocycles. The van der Waals surface area contributed by atoms with Crippen LogP contribution in [-0.2, 0) is 10.1 Å². The fourth-order valence-corrected chi connectivity index (χ4v) is 2.44. The van der Waals surface area contributed by atoms with Crippen molar-refractivity contribution in [1.29, 1.82) is 0 Å². The van der Waals surface area contributed by atoms with Crippen molar-refractivity contribution in [2.45, 2.75) is 64.7 Å². The van der Waals surface area contributed by atoms with E-state index in [-0.39, 0.29) is 5.75 Å². The Morgan fingerprint density at radius 2 is 1.50 bits per heavy atom. The lowest BCUT2D eigenvalue weighted by Gasteiger charge is -2.08. The second kappa shape index (κ2) is 11.9. The van der Waals surface area contributed by atoms with E-state index in [9.17, 15) is 8.42 Å². The highest BCUT2D eigenvalue weighted by molar-refractivity contribution is 7.85. The van der Waals surface area contributed by atoms with E-state index in [2.05, 4.69) is 12.2 Å². The van der Waals surface area contributed by atoms with Gasteiger partial charge in [0.05, 0.1) is 5.75 Å². The van der Waals surface area contributed by atoms with Crippen molar-refractivity contribution in [1.82, 2.24) is 5.32 Å². The first-order valence-corrected chi connectivity index (χ1v) is 8.83. The Balaban J connectivity index is 0.000000397. The van der Waals surface area contributed by atoms with E-state index >= 15 is 0 Å². The number of rotatable bonds is 7. The molecule has 110 valence electrons. The SMILES string of the molecule is C1CCNCC1.CCCCCCCCS(=O)(=O)O. The standard InChI is InChI=1S/C8H18O3S.C5H11N/c1-2-3-4-5-6-7-8-12(9,10)11;1-2-4-6-5-3-1/h2-8H2,1H3,(H,9,10,11);6H,1-5H2. The molecule has 1 rings (SSSR count). The van der Waals surface area contributed by atoms with Crippen LogP contribution in [0.4, 0.5) is 0 Å². The van der Waals surface area contributed by atoms with Gasteiger partial charge in [-0.25, -0.2) is 0 Å². The Labute approximate surface area is 112 Å². The molecule has 18 heavy (non-hydrogen) atoms. The highest BCUT2D eigenvalue weighted by Gasteiger charge is 2.02. The topological polar surface area (TPSA) is 66.4 Å². The van der Waals surface area contributed by atoms with Crippen LogP contribution >= 0.6 is 0 Å². The second-order valence-electron chi connectivity index (χ2n) is 4.86. The van der Waals surface area contributed by atoms with Gasteiger partial charge in [-0.05, 0) is 32.4 Å². The first-order chi connectivity index (χ1) is 8.56. The van der Waals surface area contributed by atoms with Gasteiger partial charge in [0.1, 0.15) is 0 Å². The van der Waals surface area contributed by atoms with Crippen molar-refractivity contribution < 1.29 is 13.0 Å². The van der Waals surface area contributed by atoms with Gasteiger partial charge in [0, 0.05) is 0 Å². The van der Waals surface area contributed by atoms with Crippen LogP contribution in [0.2, 0.25) is 0 Å². The summed E-state index contributed by atoms with van der Waals surface area (Å²) >= 11 is 0. The molecule has 4 nitrogen and oxygen atoms in total. The van der Waals surface area contributed by atoms with Crippen LogP contribution in [0.15, 0.2) is 0 Å². The van der Waals surface area contributed by atoms with Crippen molar-refractivity contribution in [2.75, 3.05) is 18.8 Å². The number of hydrogen-bond acceptors (Lipinski definition) is 3. The van der Waals surface area contributed by atoms with Crippen molar-refractivity contribution in [3.05, 3.63) is 0 Å². The molecule has 5 heteroatoms. The molecule has 1 aliphatic rings. The smallest absolute Gasteiger partial charge is 0.264 e. The molecule has 0 saturated carbocycles. The van der Waals surface area contributed by atoms with Crippen LogP contribution in [-0.4, -0.2) is 31.8 Å². The normalized spacial score (nSPS) is 15.9. The number of nitrogens with one attached hydrogen (secondary N) is 1. The highest BCUT2D eigenvalue weighted by Crippen LogP contribution is 2.05. The summed E-state index contributed by atoms with van der Waals surface area (Å²) in [6.07, 6.45) is 10.4. The number of unbranched alkanes of at least 4 members (excludes halogenated alkanes) is 5. The predicted octanol–water partition coefficient (Wildman–Crippen LogP) is 2.99. The van der Waals surface area contributed by atoms with Gasteiger partial charge < -0.3 is 5.32 Å². The fourth-order valence-electron chi connectivity index (χ4n) is 1.87. The molecule has 1 saturated heterocycles. The van der Waals surface area contributed by atoms with Gasteiger partial charge in [-0.3, -0.25) is 4.55 Å². The molecule has 0 bridgehead atoms. The van der Waals surface area contributed by atoms with E-state index in [4.69, 9.17) is 4.55 Å². The quantitative estimate of drug-likeness (QED) is 0.555. The summed E-state index contributed by atoms with van der Waals surface area (Å²) in [6.45, 7) is 4.64. The summed E-state index contributed by atoms with van der Waals surface area (Å²) < 4.78 is 28.9. The fraction of sp³-hybridized carbons (Fsp3) is 1.00. The number of piperidine rings is 1. The molecule has 0 aromatic rings. The molecule has 0 aromatic heterocycles.